The minimum atomic E-state index is -0.740. The number of hydrogen-bond donors (Lipinski definition) is 3. The van der Waals surface area contributed by atoms with E-state index in [1.807, 2.05) is 24.3 Å². The second-order valence-corrected chi connectivity index (χ2v) is 4.27. The van der Waals surface area contributed by atoms with E-state index in [0.717, 1.165) is 11.1 Å². The zero-order valence-electron chi connectivity index (χ0n) is 11.1. The first-order valence-electron chi connectivity index (χ1n) is 6.38. The van der Waals surface area contributed by atoms with Crippen molar-refractivity contribution in [1.29, 1.82) is 0 Å². The molecule has 0 heterocycles. The molecule has 1 aromatic carbocycles. The summed E-state index contributed by atoms with van der Waals surface area (Å²) in [6.07, 6.45) is -0.736. The Kier molecular flexibility index (Phi) is 7.10. The summed E-state index contributed by atoms with van der Waals surface area (Å²) in [5.41, 5.74) is 1.92. The van der Waals surface area contributed by atoms with Gasteiger partial charge in [-0.15, -0.1) is 0 Å². The minimum Gasteiger partial charge on any atom is -0.466 e. The molecule has 106 valence electrons. The van der Waals surface area contributed by atoms with Gasteiger partial charge in [0.15, 0.2) is 0 Å². The number of aliphatic hydroxyl groups excluding tert-OH is 2. The third-order valence-corrected chi connectivity index (χ3v) is 2.62. The smallest absolute Gasteiger partial charge is 0.308 e. The Labute approximate surface area is 113 Å². The van der Waals surface area contributed by atoms with Gasteiger partial charge in [-0.05, 0) is 18.1 Å². The lowest BCUT2D eigenvalue weighted by atomic mass is 10.1. The average Bonchev–Trinajstić information content (AvgIpc) is 2.39. The Balaban J connectivity index is 2.23. The van der Waals surface area contributed by atoms with Crippen molar-refractivity contribution in [2.75, 3.05) is 13.2 Å². The molecule has 0 aliphatic heterocycles. The number of esters is 1. The maximum absolute atomic E-state index is 11.1. The predicted molar refractivity (Wildman–Crippen MR) is 71.3 cm³/mol. The number of carbonyl (C=O) groups is 1. The van der Waals surface area contributed by atoms with Crippen LogP contribution in [-0.4, -0.2) is 35.4 Å². The first kappa shape index (κ1) is 15.6. The lowest BCUT2D eigenvalue weighted by Gasteiger charge is -2.11. The summed E-state index contributed by atoms with van der Waals surface area (Å²) in [5.74, 6) is -0.385. The Hall–Kier alpha value is -1.43. The van der Waals surface area contributed by atoms with Crippen molar-refractivity contribution in [2.24, 2.45) is 0 Å². The maximum atomic E-state index is 11.1. The van der Waals surface area contributed by atoms with E-state index in [0.29, 0.717) is 19.7 Å². The Bertz CT molecular complexity index is 378. The second-order valence-electron chi connectivity index (χ2n) is 4.27. The van der Waals surface area contributed by atoms with Gasteiger partial charge in [-0.2, -0.15) is 0 Å². The zero-order valence-corrected chi connectivity index (χ0v) is 11.1. The predicted octanol–water partition coefficient (Wildman–Crippen LogP) is 0.583. The number of nitrogens with one attached hydrogen (secondary N) is 1. The van der Waals surface area contributed by atoms with Crippen LogP contribution in [-0.2, 0) is 22.7 Å². The second kappa shape index (κ2) is 8.63. The standard InChI is InChI=1S/C14H21NO4/c1-2-19-14(18)7-13(17)9-15-8-11-3-5-12(10-16)6-4-11/h3-6,13,15-17H,2,7-10H2,1H3. The molecular weight excluding hydrogens is 246 g/mol. The molecule has 1 rings (SSSR count). The highest BCUT2D eigenvalue weighted by atomic mass is 16.5. The van der Waals surface area contributed by atoms with Gasteiger partial charge in [0.2, 0.25) is 0 Å². The first-order valence-corrected chi connectivity index (χ1v) is 6.38. The van der Waals surface area contributed by atoms with Crippen molar-refractivity contribution < 1.29 is 19.7 Å². The van der Waals surface area contributed by atoms with Crippen LogP contribution in [0.2, 0.25) is 0 Å². The van der Waals surface area contributed by atoms with Gasteiger partial charge in [-0.25, -0.2) is 0 Å². The summed E-state index contributed by atoms with van der Waals surface area (Å²) in [5, 5.41) is 21.6. The molecule has 19 heavy (non-hydrogen) atoms. The topological polar surface area (TPSA) is 78.8 Å². The highest BCUT2D eigenvalue weighted by Gasteiger charge is 2.10. The number of ether oxygens (including phenoxy) is 1. The molecule has 0 radical (unpaired) electrons. The number of hydrogen-bond acceptors (Lipinski definition) is 5. The highest BCUT2D eigenvalue weighted by molar-refractivity contribution is 5.69. The molecule has 0 saturated heterocycles. The van der Waals surface area contributed by atoms with E-state index >= 15 is 0 Å². The lowest BCUT2D eigenvalue weighted by molar-refractivity contribution is -0.145. The monoisotopic (exact) mass is 267 g/mol. The maximum Gasteiger partial charge on any atom is 0.308 e. The molecule has 5 nitrogen and oxygen atoms in total. The van der Waals surface area contributed by atoms with E-state index in [2.05, 4.69) is 5.32 Å². The van der Waals surface area contributed by atoms with Gasteiger partial charge < -0.3 is 20.3 Å². The number of benzene rings is 1. The molecule has 0 aliphatic carbocycles. The van der Waals surface area contributed by atoms with E-state index in [1.54, 1.807) is 6.92 Å². The van der Waals surface area contributed by atoms with Gasteiger partial charge >= 0.3 is 5.97 Å². The fourth-order valence-corrected chi connectivity index (χ4v) is 1.63. The van der Waals surface area contributed by atoms with Crippen LogP contribution < -0.4 is 5.32 Å². The molecule has 0 fully saturated rings. The number of aliphatic hydroxyl groups is 2. The summed E-state index contributed by atoms with van der Waals surface area (Å²) in [7, 11) is 0. The third-order valence-electron chi connectivity index (χ3n) is 2.62. The van der Waals surface area contributed by atoms with Gasteiger partial charge in [0, 0.05) is 13.1 Å². The van der Waals surface area contributed by atoms with Gasteiger partial charge in [-0.3, -0.25) is 4.79 Å². The van der Waals surface area contributed by atoms with Crippen molar-refractivity contribution in [2.45, 2.75) is 32.6 Å². The van der Waals surface area contributed by atoms with Crippen LogP contribution in [0.1, 0.15) is 24.5 Å². The molecule has 1 unspecified atom stereocenters. The molecule has 0 aliphatic rings. The summed E-state index contributed by atoms with van der Waals surface area (Å²) >= 11 is 0. The molecular formula is C14H21NO4. The van der Waals surface area contributed by atoms with E-state index < -0.39 is 6.10 Å². The van der Waals surface area contributed by atoms with Crippen molar-refractivity contribution >= 4 is 5.97 Å². The quantitative estimate of drug-likeness (QED) is 0.601. The molecule has 0 saturated carbocycles. The molecule has 0 bridgehead atoms. The van der Waals surface area contributed by atoms with E-state index in [-0.39, 0.29) is 19.0 Å². The molecule has 0 amide bonds. The van der Waals surface area contributed by atoms with Crippen LogP contribution in [0, 0.1) is 0 Å². The Morgan fingerprint density at radius 2 is 1.95 bits per heavy atom. The van der Waals surface area contributed by atoms with Crippen LogP contribution in [0.25, 0.3) is 0 Å². The van der Waals surface area contributed by atoms with Gasteiger partial charge in [0.05, 0.1) is 25.7 Å². The fraction of sp³-hybridized carbons (Fsp3) is 0.500. The molecule has 0 aromatic heterocycles. The summed E-state index contributed by atoms with van der Waals surface area (Å²) in [4.78, 5) is 11.1. The molecule has 3 N–H and O–H groups in total. The van der Waals surface area contributed by atoms with Gasteiger partial charge in [0.25, 0.3) is 0 Å². The van der Waals surface area contributed by atoms with Gasteiger partial charge in [0.1, 0.15) is 0 Å². The average molecular weight is 267 g/mol. The van der Waals surface area contributed by atoms with Crippen LogP contribution in [0.5, 0.6) is 0 Å². The fourth-order valence-electron chi connectivity index (χ4n) is 1.63. The molecule has 1 aromatic rings. The minimum absolute atomic E-state index is 0.00426. The van der Waals surface area contributed by atoms with Gasteiger partial charge in [-0.1, -0.05) is 24.3 Å². The molecule has 0 spiro atoms. The Morgan fingerprint density at radius 3 is 2.53 bits per heavy atom. The number of carbonyl (C=O) groups excluding carboxylic acids is 1. The van der Waals surface area contributed by atoms with Crippen LogP contribution in [0.15, 0.2) is 24.3 Å². The molecule has 1 atom stereocenters. The van der Waals surface area contributed by atoms with Crippen molar-refractivity contribution in [1.82, 2.24) is 5.32 Å². The normalized spacial score (nSPS) is 12.2. The van der Waals surface area contributed by atoms with Crippen molar-refractivity contribution in [3.63, 3.8) is 0 Å². The van der Waals surface area contributed by atoms with Crippen LogP contribution in [0.3, 0.4) is 0 Å². The van der Waals surface area contributed by atoms with E-state index in [1.165, 1.54) is 0 Å². The zero-order chi connectivity index (χ0) is 14.1. The van der Waals surface area contributed by atoms with E-state index in [4.69, 9.17) is 9.84 Å². The van der Waals surface area contributed by atoms with E-state index in [9.17, 15) is 9.90 Å². The third kappa shape index (κ3) is 6.33. The van der Waals surface area contributed by atoms with Crippen molar-refractivity contribution in [3.8, 4) is 0 Å². The Morgan fingerprint density at radius 1 is 1.32 bits per heavy atom. The summed E-state index contributed by atoms with van der Waals surface area (Å²) in [6.45, 7) is 3.03. The highest BCUT2D eigenvalue weighted by Crippen LogP contribution is 2.04. The molecule has 5 heteroatoms. The van der Waals surface area contributed by atoms with Crippen molar-refractivity contribution in [3.05, 3.63) is 35.4 Å². The first-order chi connectivity index (χ1) is 9.15. The summed E-state index contributed by atoms with van der Waals surface area (Å²) < 4.78 is 4.75. The SMILES string of the molecule is CCOC(=O)CC(O)CNCc1ccc(CO)cc1. The lowest BCUT2D eigenvalue weighted by Crippen LogP contribution is -2.29. The number of rotatable bonds is 8. The largest absolute Gasteiger partial charge is 0.466 e. The van der Waals surface area contributed by atoms with Crippen LogP contribution in [0.4, 0.5) is 0 Å². The summed E-state index contributed by atoms with van der Waals surface area (Å²) in [6, 6.07) is 7.53. The van der Waals surface area contributed by atoms with Crippen LogP contribution >= 0.6 is 0 Å².